The summed E-state index contributed by atoms with van der Waals surface area (Å²) in [5.74, 6) is -1.44. The fourth-order valence-electron chi connectivity index (χ4n) is 2.58. The van der Waals surface area contributed by atoms with Crippen molar-refractivity contribution in [2.45, 2.75) is 13.2 Å². The fourth-order valence-corrected chi connectivity index (χ4v) is 2.82. The summed E-state index contributed by atoms with van der Waals surface area (Å²) >= 11 is 5.94. The van der Waals surface area contributed by atoms with Crippen LogP contribution in [-0.4, -0.2) is 41.0 Å². The van der Waals surface area contributed by atoms with Crippen LogP contribution in [0.25, 0.3) is 0 Å². The zero-order chi connectivity index (χ0) is 20.6. The number of hydrogen-bond acceptors (Lipinski definition) is 5. The van der Waals surface area contributed by atoms with Crippen molar-refractivity contribution in [3.63, 3.8) is 0 Å². The first-order chi connectivity index (χ1) is 14.1. The maximum atomic E-state index is 14.3. The number of ether oxygens (including phenoxy) is 2. The van der Waals surface area contributed by atoms with Crippen LogP contribution in [-0.2, 0) is 22.6 Å². The van der Waals surface area contributed by atoms with Crippen LogP contribution in [0, 0.1) is 5.82 Å². The third kappa shape index (κ3) is 5.83. The zero-order valence-electron chi connectivity index (χ0n) is 15.8. The minimum absolute atomic E-state index is 0.0627. The maximum Gasteiger partial charge on any atom is 0.295 e. The minimum Gasteiger partial charge on any atom is -0.382 e. The number of benzene rings is 2. The van der Waals surface area contributed by atoms with Crippen molar-refractivity contribution < 1.29 is 18.7 Å². The molecule has 0 saturated heterocycles. The Morgan fingerprint density at radius 1 is 1.21 bits per heavy atom. The molecule has 3 aromatic rings. The number of hydrogen-bond donors (Lipinski definition) is 1. The second kappa shape index (κ2) is 10.1. The van der Waals surface area contributed by atoms with E-state index < -0.39 is 11.7 Å². The van der Waals surface area contributed by atoms with Crippen LogP contribution in [0.2, 0.25) is 5.02 Å². The standard InChI is InChI=1S/C20H20ClFN4O3/c1-28-7-8-29-12-15-9-16(21)18(22)17(10-15)24-20(27)19-23-13-26(25-19)11-14-5-3-2-4-6-14/h2-6,9-10,13H,7-8,11-12H2,1H3,(H,24,27). The van der Waals surface area contributed by atoms with E-state index in [1.54, 1.807) is 7.11 Å². The van der Waals surface area contributed by atoms with Gasteiger partial charge < -0.3 is 14.8 Å². The van der Waals surface area contributed by atoms with Gasteiger partial charge >= 0.3 is 0 Å². The molecule has 0 unspecified atom stereocenters. The molecule has 9 heteroatoms. The molecule has 7 nitrogen and oxygen atoms in total. The third-order valence-electron chi connectivity index (χ3n) is 3.96. The van der Waals surface area contributed by atoms with E-state index in [9.17, 15) is 9.18 Å². The number of halogens is 2. The summed E-state index contributed by atoms with van der Waals surface area (Å²) in [6, 6.07) is 12.5. The Labute approximate surface area is 172 Å². The number of nitrogens with zero attached hydrogens (tertiary/aromatic N) is 3. The van der Waals surface area contributed by atoms with Crippen molar-refractivity contribution in [1.82, 2.24) is 14.8 Å². The number of carbonyl (C=O) groups is 1. The number of aromatic nitrogens is 3. The van der Waals surface area contributed by atoms with Crippen LogP contribution >= 0.6 is 11.6 Å². The third-order valence-corrected chi connectivity index (χ3v) is 4.24. The van der Waals surface area contributed by atoms with Gasteiger partial charge in [0.1, 0.15) is 6.33 Å². The van der Waals surface area contributed by atoms with Crippen molar-refractivity contribution in [3.8, 4) is 0 Å². The molecule has 0 atom stereocenters. The summed E-state index contributed by atoms with van der Waals surface area (Å²) in [7, 11) is 1.57. The summed E-state index contributed by atoms with van der Waals surface area (Å²) in [6.45, 7) is 1.50. The molecular formula is C20H20ClFN4O3. The molecule has 0 aliphatic rings. The number of amides is 1. The second-order valence-electron chi connectivity index (χ2n) is 6.19. The van der Waals surface area contributed by atoms with E-state index in [4.69, 9.17) is 21.1 Å². The molecule has 29 heavy (non-hydrogen) atoms. The molecule has 3 rings (SSSR count). The lowest BCUT2D eigenvalue weighted by Crippen LogP contribution is -2.16. The van der Waals surface area contributed by atoms with Crippen LogP contribution in [0.4, 0.5) is 10.1 Å². The summed E-state index contributed by atoms with van der Waals surface area (Å²) in [5.41, 5.74) is 1.57. The Balaban J connectivity index is 1.67. The average Bonchev–Trinajstić information content (AvgIpc) is 3.18. The Kier molecular flexibility index (Phi) is 7.29. The van der Waals surface area contributed by atoms with Gasteiger partial charge in [0, 0.05) is 7.11 Å². The monoisotopic (exact) mass is 418 g/mol. The van der Waals surface area contributed by atoms with Gasteiger partial charge in [0.2, 0.25) is 5.82 Å². The molecule has 0 aliphatic carbocycles. The van der Waals surface area contributed by atoms with E-state index in [1.807, 2.05) is 30.3 Å². The van der Waals surface area contributed by atoms with Gasteiger partial charge in [-0.15, -0.1) is 5.10 Å². The highest BCUT2D eigenvalue weighted by Crippen LogP contribution is 2.25. The van der Waals surface area contributed by atoms with Gasteiger partial charge in [-0.25, -0.2) is 14.1 Å². The van der Waals surface area contributed by atoms with E-state index in [0.717, 1.165) is 5.56 Å². The lowest BCUT2D eigenvalue weighted by molar-refractivity contribution is 0.0616. The van der Waals surface area contributed by atoms with Crippen molar-refractivity contribution >= 4 is 23.2 Å². The van der Waals surface area contributed by atoms with E-state index in [-0.39, 0.29) is 23.1 Å². The number of anilines is 1. The lowest BCUT2D eigenvalue weighted by atomic mass is 10.2. The highest BCUT2D eigenvalue weighted by Gasteiger charge is 2.17. The predicted molar refractivity (Wildman–Crippen MR) is 106 cm³/mol. The average molecular weight is 419 g/mol. The molecule has 1 N–H and O–H groups in total. The van der Waals surface area contributed by atoms with Gasteiger partial charge in [-0.05, 0) is 23.3 Å². The second-order valence-corrected chi connectivity index (χ2v) is 6.60. The number of rotatable bonds is 9. The van der Waals surface area contributed by atoms with Crippen molar-refractivity contribution in [2.75, 3.05) is 25.6 Å². The summed E-state index contributed by atoms with van der Waals surface area (Å²) in [5, 5.41) is 6.50. The Morgan fingerprint density at radius 3 is 2.76 bits per heavy atom. The van der Waals surface area contributed by atoms with Crippen LogP contribution < -0.4 is 5.32 Å². The molecule has 0 bridgehead atoms. The molecular weight excluding hydrogens is 399 g/mol. The summed E-state index contributed by atoms with van der Waals surface area (Å²) < 4.78 is 26.2. The van der Waals surface area contributed by atoms with Gasteiger partial charge in [0.05, 0.1) is 37.1 Å². The van der Waals surface area contributed by atoms with E-state index >= 15 is 0 Å². The van der Waals surface area contributed by atoms with E-state index in [0.29, 0.717) is 25.3 Å². The Morgan fingerprint density at radius 2 is 2.00 bits per heavy atom. The molecule has 152 valence electrons. The van der Waals surface area contributed by atoms with Crippen LogP contribution in [0.5, 0.6) is 0 Å². The normalized spacial score (nSPS) is 10.9. The lowest BCUT2D eigenvalue weighted by Gasteiger charge is -2.10. The summed E-state index contributed by atoms with van der Waals surface area (Å²) in [6.07, 6.45) is 1.45. The van der Waals surface area contributed by atoms with Gasteiger partial charge in [0.25, 0.3) is 5.91 Å². The van der Waals surface area contributed by atoms with Gasteiger partial charge in [0.15, 0.2) is 5.82 Å². The quantitative estimate of drug-likeness (QED) is 0.538. The molecule has 2 aromatic carbocycles. The van der Waals surface area contributed by atoms with Gasteiger partial charge in [-0.1, -0.05) is 41.9 Å². The topological polar surface area (TPSA) is 78.3 Å². The largest absolute Gasteiger partial charge is 0.382 e. The first-order valence-electron chi connectivity index (χ1n) is 8.86. The molecule has 0 spiro atoms. The zero-order valence-corrected chi connectivity index (χ0v) is 16.5. The molecule has 0 aliphatic heterocycles. The molecule has 1 heterocycles. The fraction of sp³-hybridized carbons (Fsp3) is 0.250. The van der Waals surface area contributed by atoms with E-state index in [2.05, 4.69) is 15.4 Å². The number of nitrogens with one attached hydrogen (secondary N) is 1. The molecule has 0 radical (unpaired) electrons. The summed E-state index contributed by atoms with van der Waals surface area (Å²) in [4.78, 5) is 16.4. The van der Waals surface area contributed by atoms with Crippen molar-refractivity contribution in [3.05, 3.63) is 76.6 Å². The first-order valence-corrected chi connectivity index (χ1v) is 9.24. The van der Waals surface area contributed by atoms with E-state index in [1.165, 1.54) is 23.1 Å². The van der Waals surface area contributed by atoms with Crippen molar-refractivity contribution in [1.29, 1.82) is 0 Å². The Bertz CT molecular complexity index is 966. The number of methoxy groups -OCH3 is 1. The minimum atomic E-state index is -0.732. The van der Waals surface area contributed by atoms with Crippen LogP contribution in [0.1, 0.15) is 21.7 Å². The molecule has 0 saturated carbocycles. The Hall–Kier alpha value is -2.81. The van der Waals surface area contributed by atoms with Crippen molar-refractivity contribution in [2.24, 2.45) is 0 Å². The number of carbonyl (C=O) groups excluding carboxylic acids is 1. The molecule has 1 aromatic heterocycles. The molecule has 0 fully saturated rings. The van der Waals surface area contributed by atoms with Crippen LogP contribution in [0.3, 0.4) is 0 Å². The highest BCUT2D eigenvalue weighted by atomic mass is 35.5. The smallest absolute Gasteiger partial charge is 0.295 e. The first kappa shape index (κ1) is 20.9. The predicted octanol–water partition coefficient (Wildman–Crippen LogP) is 3.53. The SMILES string of the molecule is COCCOCc1cc(Cl)c(F)c(NC(=O)c2ncn(Cc3ccccc3)n2)c1. The van der Waals surface area contributed by atoms with Gasteiger partial charge in [-0.3, -0.25) is 4.79 Å². The highest BCUT2D eigenvalue weighted by molar-refractivity contribution is 6.31. The maximum absolute atomic E-state index is 14.3. The van der Waals surface area contributed by atoms with Gasteiger partial charge in [-0.2, -0.15) is 0 Å². The van der Waals surface area contributed by atoms with Crippen LogP contribution in [0.15, 0.2) is 48.8 Å². The molecule has 1 amide bonds.